The third-order valence-corrected chi connectivity index (χ3v) is 10.7. The number of hydrogen-bond acceptors (Lipinski definition) is 10. The van der Waals surface area contributed by atoms with Gasteiger partial charge in [0.2, 0.25) is 5.52 Å². The molecule has 1 aliphatic heterocycles. The van der Waals surface area contributed by atoms with E-state index in [1.54, 1.807) is 23.5 Å². The fourth-order valence-corrected chi connectivity index (χ4v) is 9.10. The van der Waals surface area contributed by atoms with Gasteiger partial charge in [0.25, 0.3) is 5.01 Å². The Morgan fingerprint density at radius 2 is 1.76 bits per heavy atom. The fraction of sp³-hybridized carbons (Fsp3) is 0.316. The number of benzene rings is 1. The van der Waals surface area contributed by atoms with Gasteiger partial charge in [0.05, 0.1) is 45.0 Å². The molecule has 8 nitrogen and oxygen atoms in total. The lowest BCUT2D eigenvalue weighted by Gasteiger charge is -2.20. The molecule has 3 heterocycles. The molecule has 0 radical (unpaired) electrons. The van der Waals surface area contributed by atoms with Gasteiger partial charge in [-0.3, -0.25) is 0 Å². The van der Waals surface area contributed by atoms with Crippen molar-refractivity contribution in [3.05, 3.63) is 43.1 Å². The third-order valence-electron chi connectivity index (χ3n) is 4.90. The van der Waals surface area contributed by atoms with Gasteiger partial charge in [0, 0.05) is 35.6 Å². The molecule has 1 aliphatic rings. The number of thiazole rings is 1. The van der Waals surface area contributed by atoms with Gasteiger partial charge in [-0.2, -0.15) is 4.57 Å². The first-order valence-corrected chi connectivity index (χ1v) is 16.6. The van der Waals surface area contributed by atoms with Gasteiger partial charge in [0.15, 0.2) is 6.54 Å². The van der Waals surface area contributed by atoms with E-state index in [9.17, 15) is 25.9 Å². The smallest absolute Gasteiger partial charge is 0.265 e. The summed E-state index contributed by atoms with van der Waals surface area (Å²) in [5.74, 6) is -0.920. The number of aromatic nitrogens is 1. The lowest BCUT2D eigenvalue weighted by atomic mass is 10.3. The molecule has 2 aromatic heterocycles. The Morgan fingerprint density at radius 1 is 1.06 bits per heavy atom. The molecule has 0 aliphatic carbocycles. The Hall–Kier alpha value is -0.710. The van der Waals surface area contributed by atoms with Gasteiger partial charge < -0.3 is 14.0 Å². The second-order valence-corrected chi connectivity index (χ2v) is 15.7. The van der Waals surface area contributed by atoms with Gasteiger partial charge in [0.1, 0.15) is 4.70 Å². The van der Waals surface area contributed by atoms with Gasteiger partial charge in [-0.15, -0.1) is 11.3 Å². The molecule has 0 spiro atoms. The standard InChI is InChI=1S/C19H18BrClN2O6S5/c20-16-10-14-19(31-16)32-18(23(14)6-2-8-34(27,28)29)11-17-22(5-1-7-33(24,25)26)13-9-12(21)3-4-15(13)30-17/h3-4,9-11H,1-2,5-8H2,(H-,24,25,26,27,28,29)/p-1. The molecule has 0 unspecified atom stereocenters. The summed E-state index contributed by atoms with van der Waals surface area (Å²) < 4.78 is 71.5. The van der Waals surface area contributed by atoms with E-state index in [-0.39, 0.29) is 12.8 Å². The first-order valence-electron chi connectivity index (χ1n) is 9.85. The molecule has 3 aromatic rings. The molecular formula is C19H17BrClN2O6S5-. The molecule has 0 fully saturated rings. The van der Waals surface area contributed by atoms with Crippen molar-refractivity contribution in [2.24, 2.45) is 0 Å². The summed E-state index contributed by atoms with van der Waals surface area (Å²) >= 11 is 14.3. The molecule has 0 bridgehead atoms. The van der Waals surface area contributed by atoms with E-state index < -0.39 is 31.7 Å². The van der Waals surface area contributed by atoms with E-state index >= 15 is 0 Å². The normalized spacial score (nSPS) is 15.5. The van der Waals surface area contributed by atoms with Crippen molar-refractivity contribution in [2.45, 2.75) is 23.6 Å². The molecule has 0 saturated heterocycles. The molecular weight excluding hydrogens is 628 g/mol. The van der Waals surface area contributed by atoms with E-state index in [2.05, 4.69) is 15.9 Å². The van der Waals surface area contributed by atoms with Crippen LogP contribution in [0.15, 0.2) is 37.3 Å². The number of thioether (sulfide) groups is 1. The number of anilines is 1. The average molecular weight is 645 g/mol. The summed E-state index contributed by atoms with van der Waals surface area (Å²) in [7, 11) is -8.64. The molecule has 0 saturated carbocycles. The van der Waals surface area contributed by atoms with Crippen LogP contribution in [-0.2, 0) is 26.8 Å². The van der Waals surface area contributed by atoms with Crippen LogP contribution in [-0.4, -0.2) is 44.0 Å². The summed E-state index contributed by atoms with van der Waals surface area (Å²) in [6.45, 7) is 0.662. The topological polar surface area (TPSA) is 122 Å². The van der Waals surface area contributed by atoms with E-state index in [0.29, 0.717) is 18.1 Å². The predicted octanol–water partition coefficient (Wildman–Crippen LogP) is 4.45. The fourth-order valence-electron chi connectivity index (χ4n) is 3.52. The van der Waals surface area contributed by atoms with Crippen molar-refractivity contribution in [1.82, 2.24) is 0 Å². The Bertz CT molecular complexity index is 1480. The van der Waals surface area contributed by atoms with Gasteiger partial charge in [-0.1, -0.05) is 34.7 Å². The van der Waals surface area contributed by atoms with Crippen LogP contribution in [0.1, 0.15) is 17.8 Å². The third kappa shape index (κ3) is 6.53. The zero-order valence-corrected chi connectivity index (χ0v) is 23.7. The number of hydrogen-bond donors (Lipinski definition) is 0. The molecule has 0 amide bonds. The minimum atomic E-state index is -4.33. The predicted molar refractivity (Wildman–Crippen MR) is 139 cm³/mol. The number of rotatable bonds is 9. The van der Waals surface area contributed by atoms with Crippen LogP contribution in [0.5, 0.6) is 0 Å². The number of aryl methyl sites for hydroxylation is 1. The minimum absolute atomic E-state index is 0.156. The Balaban J connectivity index is 1.70. The minimum Gasteiger partial charge on any atom is -0.748 e. The van der Waals surface area contributed by atoms with Crippen molar-refractivity contribution in [2.75, 3.05) is 23.0 Å². The second-order valence-electron chi connectivity index (χ2n) is 7.39. The highest BCUT2D eigenvalue weighted by Crippen LogP contribution is 2.52. The monoisotopic (exact) mass is 643 g/mol. The number of nitrogens with zero attached hydrogens (tertiary/aromatic N) is 2. The van der Waals surface area contributed by atoms with Gasteiger partial charge >= 0.3 is 0 Å². The number of thiophene rings is 1. The molecule has 15 heteroatoms. The van der Waals surface area contributed by atoms with Crippen LogP contribution in [0.2, 0.25) is 5.02 Å². The highest BCUT2D eigenvalue weighted by Gasteiger charge is 2.30. The first kappa shape index (κ1) is 26.4. The summed E-state index contributed by atoms with van der Waals surface area (Å²) in [5, 5.41) is 2.23. The van der Waals surface area contributed by atoms with E-state index in [1.807, 2.05) is 27.7 Å². The largest absolute Gasteiger partial charge is 0.748 e. The zero-order chi connectivity index (χ0) is 24.7. The van der Waals surface area contributed by atoms with Gasteiger partial charge in [-0.25, -0.2) is 16.8 Å². The van der Waals surface area contributed by atoms with Crippen LogP contribution in [0, 0.1) is 0 Å². The van der Waals surface area contributed by atoms with Crippen molar-refractivity contribution < 1.29 is 30.5 Å². The maximum Gasteiger partial charge on any atom is 0.265 e. The number of halogens is 2. The SMILES string of the molecule is O=S(=O)([O-])CCCN1C(=Cc2sc3ccc(Cl)cc3[n+]2CCCS(=O)(=O)[O-])Sc2sc(Br)cc21. The van der Waals surface area contributed by atoms with Crippen LogP contribution < -0.4 is 9.47 Å². The highest BCUT2D eigenvalue weighted by molar-refractivity contribution is 9.11. The second kappa shape index (κ2) is 10.3. The Labute approximate surface area is 222 Å². The number of fused-ring (bicyclic) bond motifs is 2. The quantitative estimate of drug-likeness (QED) is 0.248. The van der Waals surface area contributed by atoms with Crippen molar-refractivity contribution >= 4 is 104 Å². The molecule has 0 N–H and O–H groups in total. The lowest BCUT2D eigenvalue weighted by Crippen LogP contribution is -2.36. The maximum atomic E-state index is 11.1. The van der Waals surface area contributed by atoms with Crippen LogP contribution in [0.3, 0.4) is 0 Å². The van der Waals surface area contributed by atoms with Crippen LogP contribution in [0.25, 0.3) is 16.3 Å². The highest BCUT2D eigenvalue weighted by atomic mass is 79.9. The maximum absolute atomic E-state index is 11.1. The van der Waals surface area contributed by atoms with Crippen molar-refractivity contribution in [3.8, 4) is 0 Å². The summed E-state index contributed by atoms with van der Waals surface area (Å²) in [4.78, 5) is 1.98. The lowest BCUT2D eigenvalue weighted by molar-refractivity contribution is -0.668. The molecule has 34 heavy (non-hydrogen) atoms. The average Bonchev–Trinajstić information content (AvgIpc) is 3.32. The van der Waals surface area contributed by atoms with Crippen molar-refractivity contribution in [1.29, 1.82) is 0 Å². The van der Waals surface area contributed by atoms with Crippen molar-refractivity contribution in [3.63, 3.8) is 0 Å². The first-order chi connectivity index (χ1) is 15.9. The summed E-state index contributed by atoms with van der Waals surface area (Å²) in [6.07, 6.45) is 2.30. The molecule has 1 aromatic carbocycles. The van der Waals surface area contributed by atoms with Crippen LogP contribution >= 0.6 is 62.0 Å². The zero-order valence-electron chi connectivity index (χ0n) is 17.3. The van der Waals surface area contributed by atoms with E-state index in [0.717, 1.165) is 33.9 Å². The summed E-state index contributed by atoms with van der Waals surface area (Å²) in [5.41, 5.74) is 1.77. The van der Waals surface area contributed by atoms with Crippen LogP contribution in [0.4, 0.5) is 5.69 Å². The van der Waals surface area contributed by atoms with Gasteiger partial charge in [-0.05, 0) is 40.5 Å². The van der Waals surface area contributed by atoms with E-state index in [1.165, 1.54) is 23.1 Å². The van der Waals surface area contributed by atoms with E-state index in [4.69, 9.17) is 11.6 Å². The molecule has 4 rings (SSSR count). The Kier molecular flexibility index (Phi) is 8.02. The summed E-state index contributed by atoms with van der Waals surface area (Å²) in [6, 6.07) is 7.42. The molecule has 184 valence electrons. The Morgan fingerprint density at radius 3 is 2.47 bits per heavy atom. The molecule has 0 atom stereocenters.